The highest BCUT2D eigenvalue weighted by molar-refractivity contribution is 5.91. The summed E-state index contributed by atoms with van der Waals surface area (Å²) in [7, 11) is 0. The monoisotopic (exact) mass is 851 g/mol. The van der Waals surface area contributed by atoms with Gasteiger partial charge in [0.2, 0.25) is 0 Å². The molecule has 2 saturated carbocycles. The van der Waals surface area contributed by atoms with Crippen molar-refractivity contribution < 1.29 is 81.0 Å². The molecule has 0 amide bonds. The number of esters is 8. The number of benzene rings is 1. The Hall–Kier alpha value is -5.91. The van der Waals surface area contributed by atoms with Crippen molar-refractivity contribution in [2.24, 2.45) is 23.2 Å². The second-order valence-corrected chi connectivity index (χ2v) is 16.2. The highest BCUT2D eigenvalue weighted by Crippen LogP contribution is 2.69. The first-order valence-electron chi connectivity index (χ1n) is 19.9. The van der Waals surface area contributed by atoms with Gasteiger partial charge in [0.05, 0.1) is 28.7 Å². The minimum absolute atomic E-state index is 0.0383. The zero-order valence-electron chi connectivity index (χ0n) is 35.0. The molecule has 1 aromatic carbocycles. The van der Waals surface area contributed by atoms with Gasteiger partial charge in [0.15, 0.2) is 18.3 Å². The van der Waals surface area contributed by atoms with Crippen LogP contribution >= 0.6 is 0 Å². The minimum Gasteiger partial charge on any atom is -0.465 e. The lowest BCUT2D eigenvalue weighted by Gasteiger charge is -2.65. The molecule has 2 aliphatic heterocycles. The van der Waals surface area contributed by atoms with E-state index < -0.39 is 132 Å². The summed E-state index contributed by atoms with van der Waals surface area (Å²) in [5, 5.41) is 0. The molecule has 1 aromatic heterocycles. The lowest BCUT2D eigenvalue weighted by Crippen LogP contribution is -2.84. The van der Waals surface area contributed by atoms with Gasteiger partial charge in [-0.05, 0) is 44.0 Å². The summed E-state index contributed by atoms with van der Waals surface area (Å²) in [6.07, 6.45) is -8.90. The van der Waals surface area contributed by atoms with Gasteiger partial charge in [-0.15, -0.1) is 0 Å². The van der Waals surface area contributed by atoms with Gasteiger partial charge in [0, 0.05) is 46.7 Å². The van der Waals surface area contributed by atoms with Gasteiger partial charge in [0.25, 0.3) is 0 Å². The maximum atomic E-state index is 14.4. The fourth-order valence-electron chi connectivity index (χ4n) is 9.72. The Morgan fingerprint density at radius 2 is 1.36 bits per heavy atom. The fraction of sp³-hybridized carbons (Fsp3) is 0.558. The van der Waals surface area contributed by atoms with Crippen molar-refractivity contribution in [2.45, 2.75) is 116 Å². The van der Waals surface area contributed by atoms with E-state index in [9.17, 15) is 38.4 Å². The van der Waals surface area contributed by atoms with Crippen molar-refractivity contribution in [3.8, 4) is 0 Å². The number of carbonyl (C=O) groups excluding carboxylic acids is 8. The average molecular weight is 852 g/mol. The number of hydrogen-bond acceptors (Lipinski definition) is 18. The third-order valence-corrected chi connectivity index (χ3v) is 12.1. The maximum absolute atomic E-state index is 14.4. The van der Waals surface area contributed by atoms with Crippen LogP contribution in [-0.2, 0) is 77.8 Å². The van der Waals surface area contributed by atoms with Crippen molar-refractivity contribution >= 4 is 47.8 Å². The van der Waals surface area contributed by atoms with Crippen LogP contribution in [0.3, 0.4) is 0 Å². The molecule has 0 radical (unpaired) electrons. The van der Waals surface area contributed by atoms with Crippen molar-refractivity contribution in [3.05, 3.63) is 65.5 Å². The third-order valence-electron chi connectivity index (χ3n) is 12.1. The van der Waals surface area contributed by atoms with Crippen LogP contribution in [0.1, 0.15) is 88.2 Å². The van der Waals surface area contributed by atoms with E-state index in [0.717, 1.165) is 34.6 Å². The van der Waals surface area contributed by atoms with E-state index >= 15 is 0 Å². The highest BCUT2D eigenvalue weighted by atomic mass is 16.7. The molecule has 328 valence electrons. The van der Waals surface area contributed by atoms with Crippen LogP contribution in [0.15, 0.2) is 48.7 Å². The van der Waals surface area contributed by atoms with Crippen LogP contribution in [0.25, 0.3) is 0 Å². The number of nitrogens with zero attached hydrogens (tertiary/aromatic N) is 1. The minimum atomic E-state index is -2.37. The van der Waals surface area contributed by atoms with Crippen LogP contribution in [0, 0.1) is 23.2 Å². The van der Waals surface area contributed by atoms with E-state index in [-0.39, 0.29) is 24.0 Å². The lowest BCUT2D eigenvalue weighted by molar-refractivity contribution is -0.348. The molecule has 61 heavy (non-hydrogen) atoms. The summed E-state index contributed by atoms with van der Waals surface area (Å²) in [6.45, 7) is 8.38. The van der Waals surface area contributed by atoms with Gasteiger partial charge in [0.1, 0.15) is 48.1 Å². The zero-order chi connectivity index (χ0) is 44.6. The smallest absolute Gasteiger partial charge is 0.340 e. The molecule has 3 fully saturated rings. The number of cyclic esters (lactones) is 1. The predicted octanol–water partition coefficient (Wildman–Crippen LogP) is 3.04. The quantitative estimate of drug-likeness (QED) is 0.274. The Bertz CT molecular complexity index is 2090. The van der Waals surface area contributed by atoms with E-state index in [1.807, 2.05) is 0 Å². The summed E-state index contributed by atoms with van der Waals surface area (Å²) in [4.78, 5) is 113. The molecule has 6 rings (SSSR count). The Balaban J connectivity index is 1.74. The number of fused-ring (bicyclic) bond motifs is 5. The summed E-state index contributed by atoms with van der Waals surface area (Å²) in [6, 6.07) is 10.7. The van der Waals surface area contributed by atoms with Gasteiger partial charge >= 0.3 is 47.8 Å². The Morgan fingerprint density at radius 3 is 1.97 bits per heavy atom. The van der Waals surface area contributed by atoms with Gasteiger partial charge in [-0.1, -0.05) is 32.0 Å². The van der Waals surface area contributed by atoms with E-state index in [1.54, 1.807) is 25.1 Å². The molecule has 18 nitrogen and oxygen atoms in total. The Kier molecular flexibility index (Phi) is 12.6. The van der Waals surface area contributed by atoms with Crippen molar-refractivity contribution in [2.75, 3.05) is 13.2 Å². The number of pyridine rings is 1. The molecule has 4 bridgehead atoms. The molecule has 0 N–H and O–H groups in total. The normalized spacial score (nSPS) is 34.1. The first kappa shape index (κ1) is 44.6. The number of ether oxygens (including phenoxy) is 9. The first-order chi connectivity index (χ1) is 28.8. The standard InChI is InChI=1S/C43H49NO17/c1-21-16-17-30-29(15-12-18-44-30)40(52)54-19-41(8)31-33(55-24(4)46)36(57-26(6)48)42(20-53-23(3)45)37(58-27(7)49)34(60-39(51)28-13-10-9-11-14-28)32(59-38(21)50)22(2)43(42,61-41)35(31)56-25(5)47/h9-15,18,21-22,31-37H,16-17,19-20H2,1-8H3/t21-,22+,31+,32+,33-,34-,35-,36+,37-,41-,42+,43+/m0/s1. The second-order valence-electron chi connectivity index (χ2n) is 16.2. The summed E-state index contributed by atoms with van der Waals surface area (Å²) >= 11 is 0. The molecule has 2 aliphatic carbocycles. The van der Waals surface area contributed by atoms with Crippen molar-refractivity contribution in [1.82, 2.24) is 4.98 Å². The molecular weight excluding hydrogens is 802 g/mol. The number of hydrogen-bond donors (Lipinski definition) is 0. The highest BCUT2D eigenvalue weighted by Gasteiger charge is 2.88. The Labute approximate surface area is 351 Å². The Morgan fingerprint density at radius 1 is 0.754 bits per heavy atom. The maximum Gasteiger partial charge on any atom is 0.340 e. The second kappa shape index (κ2) is 17.2. The van der Waals surface area contributed by atoms with Crippen LogP contribution in [0.2, 0.25) is 0 Å². The molecule has 12 atom stereocenters. The van der Waals surface area contributed by atoms with Crippen LogP contribution < -0.4 is 0 Å². The van der Waals surface area contributed by atoms with Crippen molar-refractivity contribution in [3.63, 3.8) is 0 Å². The average Bonchev–Trinajstić information content (AvgIpc) is 3.41. The number of aryl methyl sites for hydroxylation is 1. The summed E-state index contributed by atoms with van der Waals surface area (Å²) in [5.74, 6) is -10.9. The summed E-state index contributed by atoms with van der Waals surface area (Å²) in [5.41, 5.74) is -6.09. The molecule has 1 saturated heterocycles. The van der Waals surface area contributed by atoms with Crippen molar-refractivity contribution in [1.29, 1.82) is 0 Å². The molecule has 0 unspecified atom stereocenters. The van der Waals surface area contributed by atoms with Gasteiger partial charge < -0.3 is 42.6 Å². The van der Waals surface area contributed by atoms with Crippen LogP contribution in [0.5, 0.6) is 0 Å². The van der Waals surface area contributed by atoms with Gasteiger partial charge in [-0.25, -0.2) is 9.59 Å². The topological polar surface area (TPSA) is 233 Å². The largest absolute Gasteiger partial charge is 0.465 e. The fourth-order valence-corrected chi connectivity index (χ4v) is 9.72. The lowest BCUT2D eigenvalue weighted by atomic mass is 9.46. The van der Waals surface area contributed by atoms with Gasteiger partial charge in [-0.3, -0.25) is 33.8 Å². The molecule has 1 spiro atoms. The molecule has 18 heteroatoms. The molecular formula is C43H49NO17. The van der Waals surface area contributed by atoms with Crippen LogP contribution in [0.4, 0.5) is 0 Å². The van der Waals surface area contributed by atoms with Crippen LogP contribution in [-0.4, -0.2) is 114 Å². The van der Waals surface area contributed by atoms with E-state index in [2.05, 4.69) is 4.98 Å². The molecule has 4 aliphatic rings. The number of rotatable bonds is 8. The van der Waals surface area contributed by atoms with E-state index in [4.69, 9.17) is 42.6 Å². The van der Waals surface area contributed by atoms with Gasteiger partial charge in [-0.2, -0.15) is 0 Å². The number of aromatic nitrogens is 1. The predicted molar refractivity (Wildman–Crippen MR) is 204 cm³/mol. The summed E-state index contributed by atoms with van der Waals surface area (Å²) < 4.78 is 56.1. The first-order valence-corrected chi connectivity index (χ1v) is 19.9. The zero-order valence-corrected chi connectivity index (χ0v) is 35.0. The molecule has 2 aromatic rings. The van der Waals surface area contributed by atoms with E-state index in [1.165, 1.54) is 44.3 Å². The molecule has 3 heterocycles. The van der Waals surface area contributed by atoms with E-state index in [0.29, 0.717) is 5.69 Å². The SMILES string of the molecule is CC(=O)OC[C@]12[C@H](OC(C)=O)[C@@H](OC(C)=O)[C@@H]3[C@H](OC(C)=O)[C@@]14O[C@@]3(C)COC(=O)c1cccnc1CC[C@H](C)C(=O)O[C@@H]([C@H](OC(=O)c1ccccc1)[C@@H]2OC(C)=O)[C@H]4C. The number of carbonyl (C=O) groups is 8. The third kappa shape index (κ3) is 8.04.